The Morgan fingerprint density at radius 3 is 2.35 bits per heavy atom. The zero-order chi connectivity index (χ0) is 17.3. The molecule has 1 rings (SSSR count). The number of carbonyl (C=O) groups is 3. The quantitative estimate of drug-likeness (QED) is 0.217. The number of allylic oxidation sites excluding steroid dienone is 1. The number of carbonyl (C=O) groups excluding carboxylic acids is 3. The van der Waals surface area contributed by atoms with Gasteiger partial charge in [0.1, 0.15) is 11.2 Å². The molecule has 0 bridgehead atoms. The molecule has 0 N–H and O–H groups in total. The zero-order valence-electron chi connectivity index (χ0n) is 13.8. The van der Waals surface area contributed by atoms with Gasteiger partial charge in [0, 0.05) is 12.0 Å². The molecule has 0 amide bonds. The average Bonchev–Trinajstić information content (AvgIpc) is 2.57. The van der Waals surface area contributed by atoms with Gasteiger partial charge in [-0.15, -0.1) is 6.58 Å². The van der Waals surface area contributed by atoms with Crippen LogP contribution in [0.25, 0.3) is 0 Å². The summed E-state index contributed by atoms with van der Waals surface area (Å²) in [4.78, 5) is 36.7. The van der Waals surface area contributed by atoms with E-state index in [0.29, 0.717) is 24.8 Å². The first kappa shape index (κ1) is 18.8. The lowest BCUT2D eigenvalue weighted by molar-refractivity contribution is -0.158. The van der Waals surface area contributed by atoms with Crippen molar-refractivity contribution in [2.45, 2.75) is 39.0 Å². The lowest BCUT2D eigenvalue weighted by Gasteiger charge is -2.28. The molecule has 0 aliphatic carbocycles. The van der Waals surface area contributed by atoms with Crippen LogP contribution in [0, 0.1) is 5.41 Å². The van der Waals surface area contributed by atoms with Crippen molar-refractivity contribution in [3.05, 3.63) is 48.6 Å². The number of unbranched alkanes of at least 4 members (excludes halogenated alkanes) is 1. The summed E-state index contributed by atoms with van der Waals surface area (Å²) in [5.74, 6) is -0.895. The van der Waals surface area contributed by atoms with Crippen molar-refractivity contribution in [2.24, 2.45) is 5.41 Å². The fourth-order valence-electron chi connectivity index (χ4n) is 2.66. The fraction of sp³-hybridized carbons (Fsp3) is 0.421. The number of hydrogen-bond acceptors (Lipinski definition) is 4. The van der Waals surface area contributed by atoms with Crippen molar-refractivity contribution in [2.75, 3.05) is 7.11 Å². The largest absolute Gasteiger partial charge is 0.468 e. The van der Waals surface area contributed by atoms with E-state index >= 15 is 0 Å². The molecule has 4 nitrogen and oxygen atoms in total. The number of esters is 1. The molecule has 0 aliphatic heterocycles. The predicted octanol–water partition coefficient (Wildman–Crippen LogP) is 3.75. The van der Waals surface area contributed by atoms with Gasteiger partial charge in [0.25, 0.3) is 0 Å². The Morgan fingerprint density at radius 2 is 1.83 bits per heavy atom. The molecule has 0 heterocycles. The van der Waals surface area contributed by atoms with Crippen LogP contribution in [0.3, 0.4) is 0 Å². The Morgan fingerprint density at radius 1 is 1.17 bits per heavy atom. The summed E-state index contributed by atoms with van der Waals surface area (Å²) in [5, 5.41) is 0. The summed E-state index contributed by atoms with van der Waals surface area (Å²) in [6, 6.07) is 8.87. The SMILES string of the molecule is C=CCCCC(CCC(=O)c1ccccc1)(C(C)=O)C(=O)OC. The lowest BCUT2D eigenvalue weighted by Crippen LogP contribution is -2.39. The van der Waals surface area contributed by atoms with Crippen molar-refractivity contribution >= 4 is 17.5 Å². The number of rotatable bonds is 10. The molecular formula is C19H24O4. The Hall–Kier alpha value is -2.23. The van der Waals surface area contributed by atoms with Crippen molar-refractivity contribution in [3.8, 4) is 0 Å². The maximum absolute atomic E-state index is 12.3. The molecule has 0 aliphatic rings. The van der Waals surface area contributed by atoms with E-state index in [1.807, 2.05) is 6.07 Å². The highest BCUT2D eigenvalue weighted by atomic mass is 16.5. The second kappa shape index (κ2) is 9.03. The van der Waals surface area contributed by atoms with E-state index in [2.05, 4.69) is 6.58 Å². The highest BCUT2D eigenvalue weighted by Crippen LogP contribution is 2.34. The molecule has 23 heavy (non-hydrogen) atoms. The normalized spacial score (nSPS) is 13.0. The number of ketones is 2. The van der Waals surface area contributed by atoms with E-state index in [1.54, 1.807) is 30.3 Å². The van der Waals surface area contributed by atoms with Gasteiger partial charge < -0.3 is 4.74 Å². The summed E-state index contributed by atoms with van der Waals surface area (Å²) >= 11 is 0. The van der Waals surface area contributed by atoms with Crippen molar-refractivity contribution < 1.29 is 19.1 Å². The van der Waals surface area contributed by atoms with Crippen molar-refractivity contribution in [1.82, 2.24) is 0 Å². The van der Waals surface area contributed by atoms with Crippen LogP contribution < -0.4 is 0 Å². The summed E-state index contributed by atoms with van der Waals surface area (Å²) in [6.45, 7) is 5.04. The summed E-state index contributed by atoms with van der Waals surface area (Å²) in [6.07, 6.45) is 3.77. The summed E-state index contributed by atoms with van der Waals surface area (Å²) in [7, 11) is 1.27. The minimum absolute atomic E-state index is 0.0798. The Kier molecular flexibility index (Phi) is 7.39. The molecule has 0 radical (unpaired) electrons. The highest BCUT2D eigenvalue weighted by Gasteiger charge is 2.43. The number of ether oxygens (including phenoxy) is 1. The highest BCUT2D eigenvalue weighted by molar-refractivity contribution is 6.04. The predicted molar refractivity (Wildman–Crippen MR) is 89.2 cm³/mol. The van der Waals surface area contributed by atoms with Gasteiger partial charge in [-0.1, -0.05) is 36.4 Å². The van der Waals surface area contributed by atoms with Gasteiger partial charge in [0.2, 0.25) is 0 Å². The second-order valence-corrected chi connectivity index (χ2v) is 5.60. The first-order valence-electron chi connectivity index (χ1n) is 7.76. The monoisotopic (exact) mass is 316 g/mol. The van der Waals surface area contributed by atoms with E-state index in [-0.39, 0.29) is 24.4 Å². The average molecular weight is 316 g/mol. The summed E-state index contributed by atoms with van der Waals surface area (Å²) < 4.78 is 4.85. The molecule has 0 fully saturated rings. The van der Waals surface area contributed by atoms with Crippen LogP contribution >= 0.6 is 0 Å². The molecule has 1 aromatic carbocycles. The molecule has 1 aromatic rings. The number of methoxy groups -OCH3 is 1. The van der Waals surface area contributed by atoms with E-state index in [0.717, 1.165) is 0 Å². The standard InChI is InChI=1S/C19H24O4/c1-4-5-9-13-19(15(2)20,18(22)23-3)14-12-17(21)16-10-7-6-8-11-16/h4,6-8,10-11H,1,5,9,12-14H2,2-3H3. The van der Waals surface area contributed by atoms with E-state index < -0.39 is 11.4 Å². The topological polar surface area (TPSA) is 60.4 Å². The molecule has 0 aromatic heterocycles. The molecule has 1 unspecified atom stereocenters. The maximum Gasteiger partial charge on any atom is 0.319 e. The Balaban J connectivity index is 2.90. The first-order chi connectivity index (χ1) is 11.0. The van der Waals surface area contributed by atoms with Gasteiger partial charge in [0.15, 0.2) is 5.78 Å². The van der Waals surface area contributed by atoms with Gasteiger partial charge in [-0.2, -0.15) is 0 Å². The molecule has 124 valence electrons. The second-order valence-electron chi connectivity index (χ2n) is 5.60. The van der Waals surface area contributed by atoms with Crippen molar-refractivity contribution in [3.63, 3.8) is 0 Å². The zero-order valence-corrected chi connectivity index (χ0v) is 13.8. The Labute approximate surface area is 137 Å². The molecular weight excluding hydrogens is 292 g/mol. The third-order valence-electron chi connectivity index (χ3n) is 4.14. The van der Waals surface area contributed by atoms with Crippen LogP contribution in [-0.2, 0) is 14.3 Å². The number of hydrogen-bond donors (Lipinski definition) is 0. The Bertz CT molecular complexity index is 562. The van der Waals surface area contributed by atoms with Gasteiger partial charge in [-0.25, -0.2) is 0 Å². The van der Waals surface area contributed by atoms with Crippen LogP contribution in [0.5, 0.6) is 0 Å². The van der Waals surface area contributed by atoms with Crippen LogP contribution in [0.15, 0.2) is 43.0 Å². The van der Waals surface area contributed by atoms with Crippen LogP contribution in [0.4, 0.5) is 0 Å². The lowest BCUT2D eigenvalue weighted by atomic mass is 9.74. The van der Waals surface area contributed by atoms with Gasteiger partial charge in [-0.3, -0.25) is 14.4 Å². The minimum Gasteiger partial charge on any atom is -0.468 e. The first-order valence-corrected chi connectivity index (χ1v) is 7.76. The van der Waals surface area contributed by atoms with E-state index in [4.69, 9.17) is 4.74 Å². The van der Waals surface area contributed by atoms with Crippen LogP contribution in [-0.4, -0.2) is 24.6 Å². The molecule has 4 heteroatoms. The fourth-order valence-corrected chi connectivity index (χ4v) is 2.66. The van der Waals surface area contributed by atoms with Crippen LogP contribution in [0.2, 0.25) is 0 Å². The van der Waals surface area contributed by atoms with E-state index in [1.165, 1.54) is 14.0 Å². The van der Waals surface area contributed by atoms with Crippen molar-refractivity contribution in [1.29, 1.82) is 0 Å². The third-order valence-corrected chi connectivity index (χ3v) is 4.14. The smallest absolute Gasteiger partial charge is 0.319 e. The van der Waals surface area contributed by atoms with Gasteiger partial charge in [0.05, 0.1) is 7.11 Å². The van der Waals surface area contributed by atoms with Crippen LogP contribution in [0.1, 0.15) is 49.4 Å². The van der Waals surface area contributed by atoms with E-state index in [9.17, 15) is 14.4 Å². The minimum atomic E-state index is -1.25. The molecule has 0 saturated heterocycles. The summed E-state index contributed by atoms with van der Waals surface area (Å²) in [5.41, 5.74) is -0.664. The third kappa shape index (κ3) is 4.88. The van der Waals surface area contributed by atoms with Gasteiger partial charge in [-0.05, 0) is 32.6 Å². The number of Topliss-reactive ketones (excluding diaryl/α,β-unsaturated/α-hetero) is 2. The maximum atomic E-state index is 12.3. The molecule has 1 atom stereocenters. The molecule has 0 spiro atoms. The molecule has 0 saturated carbocycles. The van der Waals surface area contributed by atoms with Gasteiger partial charge >= 0.3 is 5.97 Å². The number of benzene rings is 1.